The normalized spacial score (nSPS) is 18.6. The number of fused-ring (bicyclic) bond motifs is 1. The fourth-order valence-electron chi connectivity index (χ4n) is 3.98. The topological polar surface area (TPSA) is 67.7 Å². The first-order valence-corrected chi connectivity index (χ1v) is 10.8. The summed E-state index contributed by atoms with van der Waals surface area (Å²) in [7, 11) is -0.136. The maximum atomic E-state index is 13.1. The van der Waals surface area contributed by atoms with Gasteiger partial charge in [0.2, 0.25) is 10.0 Å². The second-order valence-electron chi connectivity index (χ2n) is 7.28. The molecule has 0 aliphatic carbocycles. The quantitative estimate of drug-likeness (QED) is 0.782. The molecule has 2 aliphatic heterocycles. The average Bonchev–Trinajstić information content (AvgIpc) is 3.25. The summed E-state index contributed by atoms with van der Waals surface area (Å²) in [6, 6.07) is 6.65. The predicted molar refractivity (Wildman–Crippen MR) is 102 cm³/mol. The fourth-order valence-corrected chi connectivity index (χ4v) is 5.39. The van der Waals surface area contributed by atoms with E-state index in [4.69, 9.17) is 4.74 Å². The highest BCUT2D eigenvalue weighted by Crippen LogP contribution is 2.32. The minimum absolute atomic E-state index is 0.264. The molecule has 1 aromatic carbocycles. The van der Waals surface area contributed by atoms with Crippen LogP contribution in [0.4, 0.5) is 0 Å². The molecule has 1 saturated heterocycles. The summed E-state index contributed by atoms with van der Waals surface area (Å²) in [5, 5.41) is 4.68. The van der Waals surface area contributed by atoms with Gasteiger partial charge in [-0.05, 0) is 38.1 Å². The van der Waals surface area contributed by atoms with Gasteiger partial charge in [0.05, 0.1) is 29.9 Å². The number of ether oxygens (including phenoxy) is 1. The first-order valence-electron chi connectivity index (χ1n) is 9.39. The van der Waals surface area contributed by atoms with Crippen molar-refractivity contribution in [2.75, 3.05) is 20.2 Å². The Morgan fingerprint density at radius 3 is 2.67 bits per heavy atom. The van der Waals surface area contributed by atoms with Crippen LogP contribution in [0.5, 0.6) is 5.75 Å². The molecule has 0 radical (unpaired) electrons. The summed E-state index contributed by atoms with van der Waals surface area (Å²) >= 11 is 0. The zero-order valence-electron chi connectivity index (χ0n) is 15.9. The van der Waals surface area contributed by atoms with Gasteiger partial charge in [-0.1, -0.05) is 12.5 Å². The summed E-state index contributed by atoms with van der Waals surface area (Å²) in [6.07, 6.45) is 3.75. The lowest BCUT2D eigenvalue weighted by Gasteiger charge is -2.26. The number of piperidine rings is 1. The van der Waals surface area contributed by atoms with Gasteiger partial charge in [-0.15, -0.1) is 0 Å². The van der Waals surface area contributed by atoms with Gasteiger partial charge < -0.3 is 4.74 Å². The van der Waals surface area contributed by atoms with Crippen molar-refractivity contribution in [1.29, 1.82) is 0 Å². The van der Waals surface area contributed by atoms with Crippen LogP contribution in [0, 0.1) is 0 Å². The molecule has 146 valence electrons. The third-order valence-corrected chi connectivity index (χ3v) is 7.31. The van der Waals surface area contributed by atoms with Crippen LogP contribution in [0.15, 0.2) is 29.2 Å². The van der Waals surface area contributed by atoms with Gasteiger partial charge in [-0.3, -0.25) is 9.58 Å². The van der Waals surface area contributed by atoms with Crippen molar-refractivity contribution < 1.29 is 13.2 Å². The molecule has 0 spiro atoms. The summed E-state index contributed by atoms with van der Waals surface area (Å²) in [5.41, 5.74) is 3.07. The van der Waals surface area contributed by atoms with Gasteiger partial charge in [-0.25, -0.2) is 8.42 Å². The lowest BCUT2D eigenvalue weighted by Crippen LogP contribution is -2.30. The van der Waals surface area contributed by atoms with Crippen LogP contribution in [-0.2, 0) is 36.7 Å². The van der Waals surface area contributed by atoms with E-state index in [0.717, 1.165) is 36.6 Å². The predicted octanol–water partition coefficient (Wildman–Crippen LogP) is 2.12. The highest BCUT2D eigenvalue weighted by molar-refractivity contribution is 7.89. The molecule has 1 aromatic heterocycles. The first kappa shape index (κ1) is 18.5. The second kappa shape index (κ2) is 7.26. The van der Waals surface area contributed by atoms with E-state index in [0.29, 0.717) is 18.8 Å². The van der Waals surface area contributed by atoms with E-state index in [2.05, 4.69) is 10.00 Å². The van der Waals surface area contributed by atoms with Crippen LogP contribution in [0.1, 0.15) is 36.2 Å². The molecule has 3 heterocycles. The minimum atomic E-state index is -3.58. The zero-order chi connectivity index (χ0) is 19.0. The summed E-state index contributed by atoms with van der Waals surface area (Å²) in [5.74, 6) is 0.542. The number of aryl methyl sites for hydroxylation is 1. The summed E-state index contributed by atoms with van der Waals surface area (Å²) in [4.78, 5) is 2.69. The standard InChI is InChI=1S/C19H26N4O3S/c1-21-19-14-23(27(24,25)16-8-6-7-15(11-16)26-2)12-17(19)18(20-21)13-22-9-4-3-5-10-22/h6-8,11H,3-5,9-10,12-14H2,1-2H3. The molecule has 7 nitrogen and oxygen atoms in total. The number of nitrogens with zero attached hydrogens (tertiary/aromatic N) is 4. The molecular formula is C19H26N4O3S. The summed E-state index contributed by atoms with van der Waals surface area (Å²) < 4.78 is 34.8. The number of benzene rings is 1. The van der Waals surface area contributed by atoms with Crippen molar-refractivity contribution in [2.45, 2.75) is 43.8 Å². The Hall–Kier alpha value is -1.90. The molecular weight excluding hydrogens is 364 g/mol. The molecule has 0 unspecified atom stereocenters. The van der Waals surface area contributed by atoms with Gasteiger partial charge in [0.1, 0.15) is 5.75 Å². The highest BCUT2D eigenvalue weighted by atomic mass is 32.2. The Bertz CT molecular complexity index is 932. The molecule has 0 N–H and O–H groups in total. The number of hydrogen-bond donors (Lipinski definition) is 0. The van der Waals surface area contributed by atoms with Crippen molar-refractivity contribution in [1.82, 2.24) is 19.0 Å². The lowest BCUT2D eigenvalue weighted by atomic mass is 10.1. The van der Waals surface area contributed by atoms with Crippen molar-refractivity contribution >= 4 is 10.0 Å². The molecule has 27 heavy (non-hydrogen) atoms. The first-order chi connectivity index (χ1) is 13.0. The smallest absolute Gasteiger partial charge is 0.243 e. The molecule has 4 rings (SSSR count). The highest BCUT2D eigenvalue weighted by Gasteiger charge is 2.35. The minimum Gasteiger partial charge on any atom is -0.497 e. The van der Waals surface area contributed by atoms with Crippen LogP contribution in [-0.4, -0.2) is 47.6 Å². The molecule has 0 amide bonds. The zero-order valence-corrected chi connectivity index (χ0v) is 16.7. The van der Waals surface area contributed by atoms with E-state index in [1.54, 1.807) is 24.3 Å². The molecule has 1 fully saturated rings. The van der Waals surface area contributed by atoms with Crippen molar-refractivity contribution in [3.63, 3.8) is 0 Å². The number of hydrogen-bond acceptors (Lipinski definition) is 5. The Morgan fingerprint density at radius 2 is 1.93 bits per heavy atom. The van der Waals surface area contributed by atoms with Crippen LogP contribution < -0.4 is 4.74 Å². The van der Waals surface area contributed by atoms with E-state index in [9.17, 15) is 8.42 Å². The van der Waals surface area contributed by atoms with Crippen molar-refractivity contribution in [2.24, 2.45) is 7.05 Å². The number of likely N-dealkylation sites (tertiary alicyclic amines) is 1. The van der Waals surface area contributed by atoms with Crippen LogP contribution >= 0.6 is 0 Å². The summed E-state index contributed by atoms with van der Waals surface area (Å²) in [6.45, 7) is 3.73. The van der Waals surface area contributed by atoms with Gasteiger partial charge in [-0.2, -0.15) is 9.40 Å². The van der Waals surface area contributed by atoms with Crippen molar-refractivity contribution in [3.8, 4) is 5.75 Å². The number of aromatic nitrogens is 2. The third kappa shape index (κ3) is 3.49. The number of sulfonamides is 1. The van der Waals surface area contributed by atoms with Gasteiger partial charge in [0.15, 0.2) is 0 Å². The number of rotatable bonds is 5. The maximum Gasteiger partial charge on any atom is 0.243 e. The van der Waals surface area contributed by atoms with Crippen molar-refractivity contribution in [3.05, 3.63) is 41.2 Å². The number of methoxy groups -OCH3 is 1. The molecule has 0 bridgehead atoms. The molecule has 0 saturated carbocycles. The molecule has 0 atom stereocenters. The fraction of sp³-hybridized carbons (Fsp3) is 0.526. The van der Waals surface area contributed by atoms with Crippen LogP contribution in [0.3, 0.4) is 0 Å². The molecule has 2 aromatic rings. The second-order valence-corrected chi connectivity index (χ2v) is 9.22. The Balaban J connectivity index is 1.57. The lowest BCUT2D eigenvalue weighted by molar-refractivity contribution is 0.217. The van der Waals surface area contributed by atoms with E-state index in [1.165, 1.54) is 30.7 Å². The molecule has 8 heteroatoms. The average molecular weight is 391 g/mol. The Labute approximate surface area is 160 Å². The van der Waals surface area contributed by atoms with Gasteiger partial charge in [0.25, 0.3) is 0 Å². The van der Waals surface area contributed by atoms with E-state index >= 15 is 0 Å². The Kier molecular flexibility index (Phi) is 4.96. The monoisotopic (exact) mass is 390 g/mol. The SMILES string of the molecule is COc1cccc(S(=O)(=O)N2Cc3c(CN4CCCCC4)nn(C)c3C2)c1. The third-order valence-electron chi connectivity index (χ3n) is 5.52. The van der Waals surface area contributed by atoms with Gasteiger partial charge in [0, 0.05) is 31.8 Å². The van der Waals surface area contributed by atoms with E-state index < -0.39 is 10.0 Å². The largest absolute Gasteiger partial charge is 0.497 e. The van der Waals surface area contributed by atoms with Crippen LogP contribution in [0.2, 0.25) is 0 Å². The van der Waals surface area contributed by atoms with Gasteiger partial charge >= 0.3 is 0 Å². The van der Waals surface area contributed by atoms with E-state index in [1.807, 2.05) is 11.7 Å². The molecule has 2 aliphatic rings. The Morgan fingerprint density at radius 1 is 1.15 bits per heavy atom. The maximum absolute atomic E-state index is 13.1. The van der Waals surface area contributed by atoms with E-state index in [-0.39, 0.29) is 4.90 Å². The van der Waals surface area contributed by atoms with Crippen LogP contribution in [0.25, 0.3) is 0 Å².